The van der Waals surface area contributed by atoms with Gasteiger partial charge in [0.05, 0.1) is 6.61 Å². The lowest BCUT2D eigenvalue weighted by atomic mass is 10.2. The van der Waals surface area contributed by atoms with Gasteiger partial charge in [0.15, 0.2) is 0 Å². The number of unbranched alkanes of at least 4 members (excludes halogenated alkanes) is 3. The lowest BCUT2D eigenvalue weighted by Crippen LogP contribution is -2.32. The molecule has 1 amide bonds. The first-order chi connectivity index (χ1) is 10.9. The van der Waals surface area contributed by atoms with E-state index in [0.717, 1.165) is 37.7 Å². The molecular formula is C18H27NO4. The minimum absolute atomic E-state index is 0.365. The van der Waals surface area contributed by atoms with Crippen LogP contribution < -0.4 is 10.1 Å². The number of ether oxygens (including phenoxy) is 2. The molecule has 0 bridgehead atoms. The van der Waals surface area contributed by atoms with Gasteiger partial charge in [0.1, 0.15) is 17.6 Å². The van der Waals surface area contributed by atoms with Crippen LogP contribution in [-0.4, -0.2) is 31.1 Å². The summed E-state index contributed by atoms with van der Waals surface area (Å²) in [6.45, 7) is 6.78. The third kappa shape index (κ3) is 9.55. The Labute approximate surface area is 138 Å². The molecule has 0 saturated heterocycles. The van der Waals surface area contributed by atoms with Crippen LogP contribution in [-0.2, 0) is 4.74 Å². The number of amides is 1. The van der Waals surface area contributed by atoms with E-state index in [2.05, 4.69) is 5.32 Å². The van der Waals surface area contributed by atoms with Crippen LogP contribution >= 0.6 is 0 Å². The number of carbonyl (C=O) groups excluding carboxylic acids is 2. The van der Waals surface area contributed by atoms with Crippen LogP contribution in [0.2, 0.25) is 0 Å². The Morgan fingerprint density at radius 2 is 1.91 bits per heavy atom. The zero-order chi connectivity index (χ0) is 17.1. The van der Waals surface area contributed by atoms with Crippen molar-refractivity contribution in [3.63, 3.8) is 0 Å². The second-order valence-electron chi connectivity index (χ2n) is 6.38. The van der Waals surface area contributed by atoms with Crippen molar-refractivity contribution < 1.29 is 19.1 Å². The highest BCUT2D eigenvalue weighted by atomic mass is 16.6. The summed E-state index contributed by atoms with van der Waals surface area (Å²) in [6, 6.07) is 7.13. The van der Waals surface area contributed by atoms with Gasteiger partial charge in [-0.2, -0.15) is 0 Å². The number of benzene rings is 1. The van der Waals surface area contributed by atoms with Gasteiger partial charge in [-0.25, -0.2) is 4.79 Å². The first-order valence-corrected chi connectivity index (χ1v) is 8.05. The van der Waals surface area contributed by atoms with E-state index in [-0.39, 0.29) is 6.09 Å². The van der Waals surface area contributed by atoms with E-state index in [4.69, 9.17) is 9.47 Å². The van der Waals surface area contributed by atoms with Crippen LogP contribution in [0.1, 0.15) is 56.8 Å². The van der Waals surface area contributed by atoms with Crippen molar-refractivity contribution in [2.24, 2.45) is 0 Å². The number of carbonyl (C=O) groups is 2. The molecular weight excluding hydrogens is 294 g/mol. The van der Waals surface area contributed by atoms with E-state index in [1.54, 1.807) is 18.2 Å². The fraction of sp³-hybridized carbons (Fsp3) is 0.556. The Hall–Kier alpha value is -2.04. The van der Waals surface area contributed by atoms with Gasteiger partial charge in [0.25, 0.3) is 0 Å². The second-order valence-corrected chi connectivity index (χ2v) is 6.38. The molecule has 0 aromatic heterocycles. The van der Waals surface area contributed by atoms with Gasteiger partial charge in [-0.1, -0.05) is 25.0 Å². The molecule has 0 aliphatic carbocycles. The maximum atomic E-state index is 11.4. The summed E-state index contributed by atoms with van der Waals surface area (Å²) in [4.78, 5) is 22.1. The number of aldehydes is 1. The maximum absolute atomic E-state index is 11.4. The highest BCUT2D eigenvalue weighted by Gasteiger charge is 2.15. The van der Waals surface area contributed by atoms with E-state index in [0.29, 0.717) is 18.7 Å². The summed E-state index contributed by atoms with van der Waals surface area (Å²) >= 11 is 0. The number of alkyl carbamates (subject to hydrolysis) is 1. The van der Waals surface area contributed by atoms with Gasteiger partial charge in [0, 0.05) is 12.1 Å². The predicted octanol–water partition coefficient (Wildman–Crippen LogP) is 3.96. The third-order valence-corrected chi connectivity index (χ3v) is 3.00. The molecule has 5 heteroatoms. The van der Waals surface area contributed by atoms with Crippen molar-refractivity contribution in [2.75, 3.05) is 13.2 Å². The molecule has 0 fully saturated rings. The SMILES string of the molecule is CC(C)(C)OC(=O)NCCCCCCOc1cccc(C=O)c1. The summed E-state index contributed by atoms with van der Waals surface area (Å²) in [5.41, 5.74) is 0.165. The van der Waals surface area contributed by atoms with Crippen LogP contribution in [0, 0.1) is 0 Å². The molecule has 5 nitrogen and oxygen atoms in total. The van der Waals surface area contributed by atoms with Gasteiger partial charge in [0.2, 0.25) is 0 Å². The number of rotatable bonds is 9. The van der Waals surface area contributed by atoms with E-state index in [1.807, 2.05) is 26.8 Å². The summed E-state index contributed by atoms with van der Waals surface area (Å²) in [6.07, 6.45) is 4.36. The molecule has 1 aromatic carbocycles. The molecule has 1 N–H and O–H groups in total. The summed E-state index contributed by atoms with van der Waals surface area (Å²) in [7, 11) is 0. The Morgan fingerprint density at radius 3 is 2.61 bits per heavy atom. The molecule has 0 aliphatic rings. The van der Waals surface area contributed by atoms with Crippen LogP contribution in [0.15, 0.2) is 24.3 Å². The predicted molar refractivity (Wildman–Crippen MR) is 90.0 cm³/mol. The summed E-state index contributed by atoms with van der Waals surface area (Å²) in [5, 5.41) is 2.74. The highest BCUT2D eigenvalue weighted by molar-refractivity contribution is 5.75. The van der Waals surface area contributed by atoms with E-state index < -0.39 is 5.60 Å². The topological polar surface area (TPSA) is 64.6 Å². The van der Waals surface area contributed by atoms with Gasteiger partial charge in [-0.3, -0.25) is 4.79 Å². The third-order valence-electron chi connectivity index (χ3n) is 3.00. The van der Waals surface area contributed by atoms with Crippen molar-refractivity contribution in [3.8, 4) is 5.75 Å². The second kappa shape index (κ2) is 9.87. The monoisotopic (exact) mass is 321 g/mol. The molecule has 128 valence electrons. The standard InChI is InChI=1S/C18H27NO4/c1-18(2,3)23-17(21)19-11-6-4-5-7-12-22-16-10-8-9-15(13-16)14-20/h8-10,13-14H,4-7,11-12H2,1-3H3,(H,19,21). The molecule has 0 spiro atoms. The molecule has 0 radical (unpaired) electrons. The Kier molecular flexibility index (Phi) is 8.16. The van der Waals surface area contributed by atoms with Gasteiger partial charge < -0.3 is 14.8 Å². The average molecular weight is 321 g/mol. The van der Waals surface area contributed by atoms with Gasteiger partial charge in [-0.15, -0.1) is 0 Å². The lowest BCUT2D eigenvalue weighted by molar-refractivity contribution is 0.0526. The lowest BCUT2D eigenvalue weighted by Gasteiger charge is -2.19. The highest BCUT2D eigenvalue weighted by Crippen LogP contribution is 2.13. The maximum Gasteiger partial charge on any atom is 0.407 e. The number of hydrogen-bond donors (Lipinski definition) is 1. The van der Waals surface area contributed by atoms with E-state index in [9.17, 15) is 9.59 Å². The Bertz CT molecular complexity index is 494. The molecule has 0 unspecified atom stereocenters. The van der Waals surface area contributed by atoms with Gasteiger partial charge >= 0.3 is 6.09 Å². The smallest absolute Gasteiger partial charge is 0.407 e. The molecule has 0 heterocycles. The summed E-state index contributed by atoms with van der Waals surface area (Å²) in [5.74, 6) is 0.723. The molecule has 0 aliphatic heterocycles. The zero-order valence-electron chi connectivity index (χ0n) is 14.3. The number of nitrogens with one attached hydrogen (secondary N) is 1. The van der Waals surface area contributed by atoms with E-state index in [1.165, 1.54) is 0 Å². The van der Waals surface area contributed by atoms with E-state index >= 15 is 0 Å². The summed E-state index contributed by atoms with van der Waals surface area (Å²) < 4.78 is 10.8. The van der Waals surface area contributed by atoms with Crippen molar-refractivity contribution in [1.82, 2.24) is 5.32 Å². The van der Waals surface area contributed by atoms with Crippen molar-refractivity contribution in [1.29, 1.82) is 0 Å². The molecule has 23 heavy (non-hydrogen) atoms. The first-order valence-electron chi connectivity index (χ1n) is 8.05. The average Bonchev–Trinajstić information content (AvgIpc) is 2.48. The Morgan fingerprint density at radius 1 is 1.17 bits per heavy atom. The Balaban J connectivity index is 2.01. The molecule has 0 saturated carbocycles. The van der Waals surface area contributed by atoms with Crippen LogP contribution in [0.4, 0.5) is 4.79 Å². The quantitative estimate of drug-likeness (QED) is 0.552. The van der Waals surface area contributed by atoms with Crippen molar-refractivity contribution in [2.45, 2.75) is 52.1 Å². The normalized spacial score (nSPS) is 10.9. The minimum Gasteiger partial charge on any atom is -0.494 e. The fourth-order valence-corrected chi connectivity index (χ4v) is 1.95. The molecule has 0 atom stereocenters. The molecule has 1 aromatic rings. The zero-order valence-corrected chi connectivity index (χ0v) is 14.3. The number of hydrogen-bond acceptors (Lipinski definition) is 4. The first kappa shape index (κ1) is 19.0. The van der Waals surface area contributed by atoms with Crippen LogP contribution in [0.3, 0.4) is 0 Å². The van der Waals surface area contributed by atoms with Crippen molar-refractivity contribution >= 4 is 12.4 Å². The van der Waals surface area contributed by atoms with Crippen LogP contribution in [0.5, 0.6) is 5.75 Å². The fourth-order valence-electron chi connectivity index (χ4n) is 1.95. The molecule has 1 rings (SSSR count). The largest absolute Gasteiger partial charge is 0.494 e. The van der Waals surface area contributed by atoms with Crippen LogP contribution in [0.25, 0.3) is 0 Å². The minimum atomic E-state index is -0.456. The van der Waals surface area contributed by atoms with Gasteiger partial charge in [-0.05, 0) is 45.7 Å². The van der Waals surface area contributed by atoms with Crippen molar-refractivity contribution in [3.05, 3.63) is 29.8 Å².